The van der Waals surface area contributed by atoms with Crippen LogP contribution >= 0.6 is 11.3 Å². The minimum Gasteiger partial charge on any atom is -0.392 e. The number of nitrogens with zero attached hydrogens (tertiary/aromatic N) is 2. The molecule has 1 N–H and O–H groups in total. The van der Waals surface area contributed by atoms with Gasteiger partial charge in [0.05, 0.1) is 29.4 Å². The molecule has 0 aliphatic heterocycles. The van der Waals surface area contributed by atoms with Crippen molar-refractivity contribution in [3.8, 4) is 0 Å². The van der Waals surface area contributed by atoms with Gasteiger partial charge in [-0.05, 0) is 36.4 Å². The Bertz CT molecular complexity index is 727. The van der Waals surface area contributed by atoms with E-state index in [-0.39, 0.29) is 6.61 Å². The van der Waals surface area contributed by atoms with E-state index in [0.29, 0.717) is 0 Å². The highest BCUT2D eigenvalue weighted by Gasteiger charge is 2.09. The zero-order valence-corrected chi connectivity index (χ0v) is 11.9. The molecule has 3 aromatic rings. The molecule has 0 atom stereocenters. The van der Waals surface area contributed by atoms with E-state index in [1.807, 2.05) is 13.0 Å². The summed E-state index contributed by atoms with van der Waals surface area (Å²) < 4.78 is 2.21. The average Bonchev–Trinajstić information content (AvgIpc) is 2.98. The van der Waals surface area contributed by atoms with E-state index in [1.165, 1.54) is 10.9 Å². The first-order chi connectivity index (χ1) is 9.19. The van der Waals surface area contributed by atoms with Crippen molar-refractivity contribution in [3.63, 3.8) is 0 Å². The zero-order valence-electron chi connectivity index (χ0n) is 11.1. The van der Waals surface area contributed by atoms with E-state index in [1.54, 1.807) is 11.3 Å². The van der Waals surface area contributed by atoms with Gasteiger partial charge in [-0.15, -0.1) is 11.3 Å². The van der Waals surface area contributed by atoms with Gasteiger partial charge in [-0.25, -0.2) is 4.98 Å². The van der Waals surface area contributed by atoms with E-state index in [4.69, 9.17) is 0 Å². The van der Waals surface area contributed by atoms with E-state index >= 15 is 0 Å². The Morgan fingerprint density at radius 2 is 2.11 bits per heavy atom. The molecule has 2 aromatic heterocycles. The first-order valence-corrected chi connectivity index (χ1v) is 7.16. The van der Waals surface area contributed by atoms with Gasteiger partial charge in [-0.1, -0.05) is 12.1 Å². The Balaban J connectivity index is 2.08. The predicted molar refractivity (Wildman–Crippen MR) is 78.6 cm³/mol. The molecule has 19 heavy (non-hydrogen) atoms. The summed E-state index contributed by atoms with van der Waals surface area (Å²) in [5.41, 5.74) is 4.42. The van der Waals surface area contributed by atoms with Crippen LogP contribution in [-0.4, -0.2) is 14.7 Å². The quantitative estimate of drug-likeness (QED) is 0.794. The molecule has 4 heteroatoms. The van der Waals surface area contributed by atoms with Crippen LogP contribution in [0.2, 0.25) is 0 Å². The Morgan fingerprint density at radius 3 is 2.79 bits per heavy atom. The molecule has 0 unspecified atom stereocenters. The molecule has 3 nitrogen and oxygen atoms in total. The zero-order chi connectivity index (χ0) is 13.4. The fourth-order valence-corrected chi connectivity index (χ4v) is 3.09. The van der Waals surface area contributed by atoms with Gasteiger partial charge in [0, 0.05) is 11.6 Å². The summed E-state index contributed by atoms with van der Waals surface area (Å²) in [6.45, 7) is 4.96. The van der Waals surface area contributed by atoms with Gasteiger partial charge >= 0.3 is 0 Å². The Morgan fingerprint density at radius 1 is 1.26 bits per heavy atom. The third kappa shape index (κ3) is 2.17. The molecule has 0 fully saturated rings. The van der Waals surface area contributed by atoms with Crippen LogP contribution in [0.3, 0.4) is 0 Å². The minimum absolute atomic E-state index is 0.0861. The first-order valence-electron chi connectivity index (χ1n) is 6.28. The monoisotopic (exact) mass is 272 g/mol. The highest BCUT2D eigenvalue weighted by Crippen LogP contribution is 2.24. The van der Waals surface area contributed by atoms with Crippen molar-refractivity contribution in [2.45, 2.75) is 27.0 Å². The van der Waals surface area contributed by atoms with E-state index in [2.05, 4.69) is 40.2 Å². The van der Waals surface area contributed by atoms with Gasteiger partial charge in [-0.2, -0.15) is 0 Å². The summed E-state index contributed by atoms with van der Waals surface area (Å²) in [5.74, 6) is 0. The number of aliphatic hydroxyl groups excluding tert-OH is 1. The third-order valence-electron chi connectivity index (χ3n) is 3.46. The smallest absolute Gasteiger partial charge is 0.0898 e. The lowest BCUT2D eigenvalue weighted by atomic mass is 10.1. The molecular formula is C15H16N2OS. The molecule has 0 saturated heterocycles. The number of rotatable bonds is 3. The lowest BCUT2D eigenvalue weighted by molar-refractivity contribution is 0.281. The fourth-order valence-electron chi connectivity index (χ4n) is 2.48. The number of benzene rings is 1. The maximum Gasteiger partial charge on any atom is 0.0898 e. The van der Waals surface area contributed by atoms with Crippen molar-refractivity contribution in [1.29, 1.82) is 0 Å². The summed E-state index contributed by atoms with van der Waals surface area (Å²) in [4.78, 5) is 4.51. The van der Waals surface area contributed by atoms with Gasteiger partial charge in [-0.3, -0.25) is 0 Å². The summed E-state index contributed by atoms with van der Waals surface area (Å²) in [5, 5.41) is 13.8. The second kappa shape index (κ2) is 4.79. The molecule has 0 spiro atoms. The van der Waals surface area contributed by atoms with Gasteiger partial charge in [0.2, 0.25) is 0 Å². The topological polar surface area (TPSA) is 38.0 Å². The van der Waals surface area contributed by atoms with Gasteiger partial charge in [0.25, 0.3) is 0 Å². The minimum atomic E-state index is 0.0861. The van der Waals surface area contributed by atoms with Crippen molar-refractivity contribution in [2.75, 3.05) is 0 Å². The average molecular weight is 272 g/mol. The highest BCUT2D eigenvalue weighted by molar-refractivity contribution is 7.09. The number of thiazole rings is 1. The van der Waals surface area contributed by atoms with Crippen LogP contribution in [0.25, 0.3) is 10.9 Å². The molecule has 0 radical (unpaired) electrons. The standard InChI is InChI=1S/C15H16N2OS/c1-10-13(8-18)4-3-12-5-6-17(15(10)12)7-14-9-19-11(2)16-14/h3-6,9,18H,7-8H2,1-2H3. The van der Waals surface area contributed by atoms with E-state index < -0.39 is 0 Å². The number of hydrogen-bond donors (Lipinski definition) is 1. The van der Waals surface area contributed by atoms with Crippen LogP contribution in [0, 0.1) is 13.8 Å². The van der Waals surface area contributed by atoms with Crippen LogP contribution in [0.4, 0.5) is 0 Å². The van der Waals surface area contributed by atoms with Gasteiger partial charge in [0.1, 0.15) is 0 Å². The molecular weight excluding hydrogens is 256 g/mol. The molecule has 1 aromatic carbocycles. The Labute approximate surface area is 116 Å². The molecule has 0 bridgehead atoms. The predicted octanol–water partition coefficient (Wildman–Crippen LogP) is 3.26. The number of aryl methyl sites for hydroxylation is 2. The van der Waals surface area contributed by atoms with Crippen LogP contribution in [0.15, 0.2) is 29.8 Å². The number of hydrogen-bond acceptors (Lipinski definition) is 3. The molecule has 0 saturated carbocycles. The molecule has 0 aliphatic rings. The van der Waals surface area contributed by atoms with Gasteiger partial charge in [0.15, 0.2) is 0 Å². The number of fused-ring (bicyclic) bond motifs is 1. The molecule has 0 aliphatic carbocycles. The van der Waals surface area contributed by atoms with Crippen molar-refractivity contribution in [1.82, 2.24) is 9.55 Å². The second-order valence-corrected chi connectivity index (χ2v) is 5.81. The Hall–Kier alpha value is -1.65. The van der Waals surface area contributed by atoms with Crippen molar-refractivity contribution in [3.05, 3.63) is 51.6 Å². The van der Waals surface area contributed by atoms with E-state index in [9.17, 15) is 5.11 Å². The lowest BCUT2D eigenvalue weighted by Crippen LogP contribution is -2.01. The molecule has 2 heterocycles. The largest absolute Gasteiger partial charge is 0.392 e. The maximum atomic E-state index is 9.38. The first kappa shape index (κ1) is 12.4. The second-order valence-electron chi connectivity index (χ2n) is 4.75. The van der Waals surface area contributed by atoms with Crippen LogP contribution in [-0.2, 0) is 13.2 Å². The molecule has 3 rings (SSSR count). The highest BCUT2D eigenvalue weighted by atomic mass is 32.1. The molecule has 98 valence electrons. The van der Waals surface area contributed by atoms with Crippen LogP contribution < -0.4 is 0 Å². The SMILES string of the molecule is Cc1nc(Cn2ccc3ccc(CO)c(C)c32)cs1. The molecule has 0 amide bonds. The summed E-state index contributed by atoms with van der Waals surface area (Å²) >= 11 is 1.68. The summed E-state index contributed by atoms with van der Waals surface area (Å²) in [7, 11) is 0. The third-order valence-corrected chi connectivity index (χ3v) is 4.29. The van der Waals surface area contributed by atoms with Crippen molar-refractivity contribution in [2.24, 2.45) is 0 Å². The normalized spacial score (nSPS) is 11.3. The van der Waals surface area contributed by atoms with E-state index in [0.717, 1.165) is 28.4 Å². The number of aromatic nitrogens is 2. The van der Waals surface area contributed by atoms with Crippen LogP contribution in [0.5, 0.6) is 0 Å². The Kier molecular flexibility index (Phi) is 3.12. The van der Waals surface area contributed by atoms with Gasteiger partial charge < -0.3 is 9.67 Å². The maximum absolute atomic E-state index is 9.38. The van der Waals surface area contributed by atoms with Crippen LogP contribution in [0.1, 0.15) is 21.8 Å². The summed E-state index contributed by atoms with van der Waals surface area (Å²) in [6, 6.07) is 6.17. The van der Waals surface area contributed by atoms with Crippen molar-refractivity contribution < 1.29 is 5.11 Å². The fraction of sp³-hybridized carbons (Fsp3) is 0.267. The lowest BCUT2D eigenvalue weighted by Gasteiger charge is -2.09. The summed E-state index contributed by atoms with van der Waals surface area (Å²) in [6.07, 6.45) is 2.09. The number of aliphatic hydroxyl groups is 1. The van der Waals surface area contributed by atoms with Crippen molar-refractivity contribution >= 4 is 22.2 Å².